The molecule has 0 radical (unpaired) electrons. The summed E-state index contributed by atoms with van der Waals surface area (Å²) in [7, 11) is 0. The van der Waals surface area contributed by atoms with E-state index in [0.717, 1.165) is 32.6 Å². The SMILES string of the molecule is CCCCCCCCCCOc1c(NCCO[C@@H]2O[C@H](CO)[C@@H](O[C@@H]3O[C@H](CO)[C@H](O)[C@H](O[C@]4(C(=O)O)C[C@H](O)[C@@H](NC(C)=O)[C@H]([C@H](O)[C@H](O)CO)O4)[C@H]3O)[C@H](O)[C@H]2O)c(=O)c1=O. The highest BCUT2D eigenvalue weighted by molar-refractivity contribution is 5.76. The van der Waals surface area contributed by atoms with Crippen LogP contribution >= 0.6 is 0 Å². The summed E-state index contributed by atoms with van der Waals surface area (Å²) in [5.41, 5.74) is -1.58. The van der Waals surface area contributed by atoms with Crippen molar-refractivity contribution in [2.24, 2.45) is 0 Å². The van der Waals surface area contributed by atoms with Crippen molar-refractivity contribution < 1.29 is 98.9 Å². The molecule has 0 aliphatic carbocycles. The number of anilines is 1. The Morgan fingerprint density at radius 1 is 0.810 bits per heavy atom. The summed E-state index contributed by atoms with van der Waals surface area (Å²) in [6.45, 7) is 0.118. The van der Waals surface area contributed by atoms with E-state index in [-0.39, 0.29) is 31.2 Å². The van der Waals surface area contributed by atoms with Crippen LogP contribution in [0.25, 0.3) is 0 Å². The second-order valence-electron chi connectivity index (χ2n) is 16.0. The van der Waals surface area contributed by atoms with Gasteiger partial charge in [0.2, 0.25) is 5.91 Å². The zero-order valence-corrected chi connectivity index (χ0v) is 35.2. The topological polar surface area (TPSA) is 379 Å². The summed E-state index contributed by atoms with van der Waals surface area (Å²) in [5, 5.41) is 121. The Kier molecular flexibility index (Phi) is 20.4. The largest absolute Gasteiger partial charge is 0.487 e. The van der Waals surface area contributed by atoms with Gasteiger partial charge in [-0.25, -0.2) is 4.79 Å². The first-order chi connectivity index (χ1) is 30.0. The van der Waals surface area contributed by atoms with Crippen LogP contribution in [0.1, 0.15) is 71.6 Å². The first-order valence-corrected chi connectivity index (χ1v) is 21.2. The second-order valence-corrected chi connectivity index (χ2v) is 16.0. The molecule has 3 fully saturated rings. The van der Waals surface area contributed by atoms with E-state index in [2.05, 4.69) is 17.6 Å². The number of aliphatic hydroxyl groups excluding tert-OH is 10. The summed E-state index contributed by atoms with van der Waals surface area (Å²) in [5.74, 6) is -5.92. The summed E-state index contributed by atoms with van der Waals surface area (Å²) >= 11 is 0. The van der Waals surface area contributed by atoms with Crippen LogP contribution in [0.4, 0.5) is 5.69 Å². The van der Waals surface area contributed by atoms with Gasteiger partial charge in [0.25, 0.3) is 16.6 Å². The molecule has 3 saturated heterocycles. The molecule has 63 heavy (non-hydrogen) atoms. The number of aliphatic hydroxyl groups is 10. The van der Waals surface area contributed by atoms with Crippen LogP contribution in [0, 0.1) is 0 Å². The highest BCUT2D eigenvalue weighted by Crippen LogP contribution is 2.38. The molecule has 0 saturated carbocycles. The van der Waals surface area contributed by atoms with Crippen molar-refractivity contribution >= 4 is 17.6 Å². The number of hydrogen-bond donors (Lipinski definition) is 13. The molecule has 24 heteroatoms. The predicted molar refractivity (Wildman–Crippen MR) is 212 cm³/mol. The molecule has 0 unspecified atom stereocenters. The van der Waals surface area contributed by atoms with E-state index in [1.165, 1.54) is 19.3 Å². The normalized spacial score (nSPS) is 34.6. The van der Waals surface area contributed by atoms with Crippen molar-refractivity contribution in [3.63, 3.8) is 0 Å². The van der Waals surface area contributed by atoms with E-state index in [1.54, 1.807) is 0 Å². The third-order valence-corrected chi connectivity index (χ3v) is 11.2. The molecule has 3 heterocycles. The summed E-state index contributed by atoms with van der Waals surface area (Å²) in [6, 6.07) is -1.57. The lowest BCUT2D eigenvalue weighted by atomic mass is 9.88. The molecule has 24 nitrogen and oxygen atoms in total. The van der Waals surface area contributed by atoms with Crippen LogP contribution in [0.2, 0.25) is 0 Å². The standard InChI is InChI=1S/C39H64N2O22/c1-3-4-5-6-7-8-9-10-12-57-33-24(27(50)28(33)51)40-11-13-58-36-30(53)29(52)32(22(17-44)60-36)61-37-31(54)35(26(49)21(16-43)59-37)63-39(38(55)56)14-19(46)23(41-18(2)45)34(62-39)25(48)20(47)15-42/h19-23,25-26,29-32,34-37,40,42-44,46-49,52-54H,3-17H2,1-2H3,(H,41,45)(H,55,56)/t19-,20+,21+,22+,23+,25+,26-,29+,30+,31+,32+,34+,35-,36+,37-,39-/m0/s1. The molecule has 0 spiro atoms. The van der Waals surface area contributed by atoms with Gasteiger partial charge in [0.15, 0.2) is 18.3 Å². The maximum Gasteiger partial charge on any atom is 0.364 e. The van der Waals surface area contributed by atoms with Crippen molar-refractivity contribution in [1.29, 1.82) is 0 Å². The van der Waals surface area contributed by atoms with Crippen LogP contribution in [0.5, 0.6) is 5.75 Å². The molecule has 13 N–H and O–H groups in total. The minimum Gasteiger partial charge on any atom is -0.487 e. The third kappa shape index (κ3) is 12.9. The Bertz CT molecular complexity index is 1650. The molecule has 16 atom stereocenters. The van der Waals surface area contributed by atoms with E-state index in [9.17, 15) is 75.3 Å². The first kappa shape index (κ1) is 52.6. The van der Waals surface area contributed by atoms with Gasteiger partial charge in [0, 0.05) is 19.9 Å². The molecule has 4 rings (SSSR count). The first-order valence-electron chi connectivity index (χ1n) is 21.2. The average Bonchev–Trinajstić information content (AvgIpc) is 3.26. The Morgan fingerprint density at radius 2 is 1.44 bits per heavy atom. The van der Waals surface area contributed by atoms with E-state index < -0.39 is 147 Å². The number of carboxylic acid groups (broad SMARTS) is 1. The molecule has 3 aliphatic heterocycles. The second kappa shape index (κ2) is 24.5. The predicted octanol–water partition coefficient (Wildman–Crippen LogP) is -4.97. The van der Waals surface area contributed by atoms with Crippen molar-refractivity contribution in [2.45, 2.75) is 169 Å². The fourth-order valence-corrected chi connectivity index (χ4v) is 7.72. The van der Waals surface area contributed by atoms with Crippen LogP contribution in [0.15, 0.2) is 9.59 Å². The fourth-order valence-electron chi connectivity index (χ4n) is 7.72. The number of ether oxygens (including phenoxy) is 7. The average molecular weight is 913 g/mol. The number of unbranched alkanes of at least 4 members (excludes halogenated alkanes) is 7. The maximum absolute atomic E-state index is 12.8. The zero-order valence-electron chi connectivity index (χ0n) is 35.2. The van der Waals surface area contributed by atoms with E-state index in [1.807, 2.05) is 0 Å². The van der Waals surface area contributed by atoms with Gasteiger partial charge < -0.3 is 100.0 Å². The van der Waals surface area contributed by atoms with Gasteiger partial charge >= 0.3 is 5.97 Å². The number of carbonyl (C=O) groups excluding carboxylic acids is 1. The summed E-state index contributed by atoms with van der Waals surface area (Å²) in [6.07, 6.45) is -19.5. The van der Waals surface area contributed by atoms with Gasteiger partial charge in [-0.1, -0.05) is 51.9 Å². The fraction of sp³-hybridized carbons (Fsp3) is 0.846. The Morgan fingerprint density at radius 3 is 2.05 bits per heavy atom. The van der Waals surface area contributed by atoms with Gasteiger partial charge in [-0.2, -0.15) is 0 Å². The lowest BCUT2D eigenvalue weighted by Gasteiger charge is -2.50. The van der Waals surface area contributed by atoms with E-state index in [0.29, 0.717) is 6.42 Å². The molecule has 362 valence electrons. The molecule has 1 aromatic rings. The maximum atomic E-state index is 12.8. The van der Waals surface area contributed by atoms with Gasteiger partial charge in [-0.15, -0.1) is 0 Å². The molecule has 1 amide bonds. The van der Waals surface area contributed by atoms with E-state index >= 15 is 0 Å². The zero-order chi connectivity index (χ0) is 46.6. The minimum absolute atomic E-state index is 0.0396. The van der Waals surface area contributed by atoms with Crippen molar-refractivity contribution in [2.75, 3.05) is 44.9 Å². The van der Waals surface area contributed by atoms with Crippen LogP contribution in [0.3, 0.4) is 0 Å². The van der Waals surface area contributed by atoms with Crippen LogP contribution < -0.4 is 26.2 Å². The number of carboxylic acids is 1. The van der Waals surface area contributed by atoms with Gasteiger partial charge in [-0.3, -0.25) is 14.4 Å². The highest BCUT2D eigenvalue weighted by Gasteiger charge is 2.60. The highest BCUT2D eigenvalue weighted by atomic mass is 16.8. The van der Waals surface area contributed by atoms with Crippen molar-refractivity contribution in [3.05, 3.63) is 20.4 Å². The Balaban J connectivity index is 1.38. The number of amides is 1. The molecular weight excluding hydrogens is 848 g/mol. The summed E-state index contributed by atoms with van der Waals surface area (Å²) < 4.78 is 39.2. The third-order valence-electron chi connectivity index (χ3n) is 11.2. The Labute approximate surface area is 361 Å². The van der Waals surface area contributed by atoms with Gasteiger partial charge in [0.05, 0.1) is 45.2 Å². The lowest BCUT2D eigenvalue weighted by Crippen LogP contribution is -2.70. The van der Waals surface area contributed by atoms with Gasteiger partial charge in [0.1, 0.15) is 72.8 Å². The number of nitrogens with one attached hydrogen (secondary N) is 2. The quantitative estimate of drug-likeness (QED) is 0.0306. The van der Waals surface area contributed by atoms with Gasteiger partial charge in [-0.05, 0) is 6.42 Å². The molecule has 1 aromatic carbocycles. The molecule has 3 aliphatic rings. The smallest absolute Gasteiger partial charge is 0.364 e. The molecule has 0 aromatic heterocycles. The van der Waals surface area contributed by atoms with E-state index in [4.69, 9.17) is 33.2 Å². The number of hydrogen-bond acceptors (Lipinski definition) is 22. The molecular formula is C39H64N2O22. The number of aliphatic carboxylic acids is 1. The van der Waals surface area contributed by atoms with Crippen molar-refractivity contribution in [1.82, 2.24) is 5.32 Å². The number of rotatable bonds is 26. The van der Waals surface area contributed by atoms with Crippen LogP contribution in [-0.4, -0.2) is 205 Å². The summed E-state index contributed by atoms with van der Waals surface area (Å²) in [4.78, 5) is 49.0. The number of carbonyl (C=O) groups is 2. The lowest BCUT2D eigenvalue weighted by molar-refractivity contribution is -0.386. The Hall–Kier alpha value is -3.02. The van der Waals surface area contributed by atoms with Crippen LogP contribution in [-0.2, 0) is 38.0 Å². The minimum atomic E-state index is -3.07. The van der Waals surface area contributed by atoms with Crippen molar-refractivity contribution in [3.8, 4) is 5.75 Å². The molecule has 0 bridgehead atoms. The monoisotopic (exact) mass is 912 g/mol.